The summed E-state index contributed by atoms with van der Waals surface area (Å²) in [7, 11) is 0. The molecule has 0 radical (unpaired) electrons. The largest absolute Gasteiger partial charge is 0.289 e. The van der Waals surface area contributed by atoms with Gasteiger partial charge in [0.05, 0.1) is 11.4 Å². The highest BCUT2D eigenvalue weighted by molar-refractivity contribution is 5.21. The molecule has 0 saturated carbocycles. The molecule has 2 aromatic rings. The van der Waals surface area contributed by atoms with Gasteiger partial charge in [0, 0.05) is 6.20 Å². The van der Waals surface area contributed by atoms with Crippen LogP contribution < -0.4 is 0 Å². The quantitative estimate of drug-likeness (QED) is 0.654. The van der Waals surface area contributed by atoms with Crippen LogP contribution in [0.3, 0.4) is 0 Å². The Kier molecular flexibility index (Phi) is 1.81. The first-order valence-electron chi connectivity index (χ1n) is 4.07. The molecule has 0 unspecified atom stereocenters. The number of imidazole rings is 1. The summed E-state index contributed by atoms with van der Waals surface area (Å²) in [6, 6.07) is 3.85. The molecule has 0 bridgehead atoms. The first-order chi connectivity index (χ1) is 6.25. The Labute approximate surface area is 76.3 Å². The van der Waals surface area contributed by atoms with Crippen molar-refractivity contribution >= 4 is 0 Å². The summed E-state index contributed by atoms with van der Waals surface area (Å²) in [4.78, 5) is 4.11. The van der Waals surface area contributed by atoms with Crippen LogP contribution in [-0.2, 0) is 0 Å². The third-order valence-corrected chi connectivity index (χ3v) is 1.76. The van der Waals surface area contributed by atoms with Crippen LogP contribution in [0, 0.1) is 13.8 Å². The van der Waals surface area contributed by atoms with Crippen LogP contribution in [0.15, 0.2) is 24.7 Å². The molecule has 0 N–H and O–H groups in total. The van der Waals surface area contributed by atoms with Crippen molar-refractivity contribution in [1.29, 1.82) is 0 Å². The lowest BCUT2D eigenvalue weighted by Crippen LogP contribution is -1.96. The van der Waals surface area contributed by atoms with Gasteiger partial charge in [-0.15, -0.1) is 5.10 Å². The fourth-order valence-electron chi connectivity index (χ4n) is 1.08. The molecule has 0 fully saturated rings. The molecule has 0 aliphatic rings. The first-order valence-corrected chi connectivity index (χ1v) is 4.07. The summed E-state index contributed by atoms with van der Waals surface area (Å²) in [6.07, 6.45) is 3.65. The molecular formula is C9H10N4. The van der Waals surface area contributed by atoms with E-state index in [2.05, 4.69) is 15.2 Å². The zero-order chi connectivity index (χ0) is 9.26. The number of aryl methyl sites for hydroxylation is 2. The lowest BCUT2D eigenvalue weighted by molar-refractivity contribution is 0.891. The third kappa shape index (κ3) is 1.56. The molecule has 0 spiro atoms. The Balaban J connectivity index is 2.41. The number of rotatable bonds is 1. The molecule has 2 heterocycles. The van der Waals surface area contributed by atoms with E-state index in [1.165, 1.54) is 0 Å². The molecule has 0 saturated heterocycles. The van der Waals surface area contributed by atoms with E-state index in [-0.39, 0.29) is 0 Å². The molecule has 4 heteroatoms. The van der Waals surface area contributed by atoms with Crippen LogP contribution in [0.25, 0.3) is 5.82 Å². The van der Waals surface area contributed by atoms with Crippen LogP contribution >= 0.6 is 0 Å². The van der Waals surface area contributed by atoms with Crippen LogP contribution in [0.4, 0.5) is 0 Å². The molecule has 66 valence electrons. The van der Waals surface area contributed by atoms with E-state index in [4.69, 9.17) is 0 Å². The maximum absolute atomic E-state index is 4.11. The minimum Gasteiger partial charge on any atom is -0.289 e. The smallest absolute Gasteiger partial charge is 0.160 e. The molecule has 0 aromatic carbocycles. The minimum atomic E-state index is 0.797. The fourth-order valence-corrected chi connectivity index (χ4v) is 1.08. The predicted molar refractivity (Wildman–Crippen MR) is 48.6 cm³/mol. The van der Waals surface area contributed by atoms with Crippen molar-refractivity contribution in [2.24, 2.45) is 0 Å². The highest BCUT2D eigenvalue weighted by atomic mass is 15.2. The third-order valence-electron chi connectivity index (χ3n) is 1.76. The number of nitrogens with zero attached hydrogens (tertiary/aromatic N) is 4. The summed E-state index contributed by atoms with van der Waals surface area (Å²) in [5.41, 5.74) is 1.89. The zero-order valence-electron chi connectivity index (χ0n) is 7.60. The Bertz CT molecular complexity index is 402. The van der Waals surface area contributed by atoms with E-state index in [0.29, 0.717) is 0 Å². The standard InChI is InChI=1S/C9H10N4/c1-7-3-4-9(12-11-7)13-5-8(2)10-6-13/h3-6H,1-2H3. The number of aromatic nitrogens is 4. The Morgan fingerprint density at radius 3 is 2.46 bits per heavy atom. The van der Waals surface area contributed by atoms with Gasteiger partial charge < -0.3 is 0 Å². The van der Waals surface area contributed by atoms with E-state index >= 15 is 0 Å². The van der Waals surface area contributed by atoms with Crippen LogP contribution in [0.1, 0.15) is 11.4 Å². The van der Waals surface area contributed by atoms with Gasteiger partial charge in [0.1, 0.15) is 6.33 Å². The summed E-state index contributed by atoms with van der Waals surface area (Å²) >= 11 is 0. The SMILES string of the molecule is Cc1cn(-c2ccc(C)nn2)cn1. The summed E-state index contributed by atoms with van der Waals surface area (Å²) in [5, 5.41) is 8.00. The molecular weight excluding hydrogens is 164 g/mol. The topological polar surface area (TPSA) is 43.6 Å². The molecule has 0 aliphatic heterocycles. The normalized spacial score (nSPS) is 10.3. The van der Waals surface area contributed by atoms with Gasteiger partial charge in [-0.05, 0) is 26.0 Å². The second-order valence-electron chi connectivity index (χ2n) is 2.96. The average Bonchev–Trinajstić information content (AvgIpc) is 2.53. The zero-order valence-corrected chi connectivity index (χ0v) is 7.60. The predicted octanol–water partition coefficient (Wildman–Crippen LogP) is 1.28. The average molecular weight is 174 g/mol. The van der Waals surface area contributed by atoms with Crippen molar-refractivity contribution in [3.63, 3.8) is 0 Å². The molecule has 2 rings (SSSR count). The van der Waals surface area contributed by atoms with E-state index in [1.54, 1.807) is 6.33 Å². The number of hydrogen-bond donors (Lipinski definition) is 0. The van der Waals surface area contributed by atoms with E-state index in [0.717, 1.165) is 17.2 Å². The second kappa shape index (κ2) is 2.97. The van der Waals surface area contributed by atoms with Gasteiger partial charge >= 0.3 is 0 Å². The Hall–Kier alpha value is -1.71. The van der Waals surface area contributed by atoms with Gasteiger partial charge in [0.25, 0.3) is 0 Å². The van der Waals surface area contributed by atoms with E-state index in [1.807, 2.05) is 36.7 Å². The van der Waals surface area contributed by atoms with Crippen molar-refractivity contribution in [3.05, 3.63) is 36.0 Å². The van der Waals surface area contributed by atoms with Gasteiger partial charge in [-0.25, -0.2) is 4.98 Å². The Morgan fingerprint density at radius 2 is 1.92 bits per heavy atom. The van der Waals surface area contributed by atoms with Crippen molar-refractivity contribution < 1.29 is 0 Å². The van der Waals surface area contributed by atoms with Gasteiger partial charge in [-0.2, -0.15) is 5.10 Å². The van der Waals surface area contributed by atoms with Crippen molar-refractivity contribution in [1.82, 2.24) is 19.7 Å². The highest BCUT2D eigenvalue weighted by Crippen LogP contribution is 2.03. The van der Waals surface area contributed by atoms with Crippen molar-refractivity contribution in [2.45, 2.75) is 13.8 Å². The summed E-state index contributed by atoms with van der Waals surface area (Å²) in [5.74, 6) is 0.797. The first kappa shape index (κ1) is 7.91. The van der Waals surface area contributed by atoms with Crippen LogP contribution in [-0.4, -0.2) is 19.7 Å². The van der Waals surface area contributed by atoms with Gasteiger partial charge in [-0.3, -0.25) is 4.57 Å². The lowest BCUT2D eigenvalue weighted by Gasteiger charge is -1.98. The van der Waals surface area contributed by atoms with Crippen molar-refractivity contribution in [2.75, 3.05) is 0 Å². The highest BCUT2D eigenvalue weighted by Gasteiger charge is 1.98. The lowest BCUT2D eigenvalue weighted by atomic mass is 10.4. The van der Waals surface area contributed by atoms with Gasteiger partial charge in [0.2, 0.25) is 0 Å². The van der Waals surface area contributed by atoms with Gasteiger partial charge in [0.15, 0.2) is 5.82 Å². The Morgan fingerprint density at radius 1 is 1.08 bits per heavy atom. The molecule has 13 heavy (non-hydrogen) atoms. The van der Waals surface area contributed by atoms with Gasteiger partial charge in [-0.1, -0.05) is 0 Å². The van der Waals surface area contributed by atoms with Crippen LogP contribution in [0.2, 0.25) is 0 Å². The minimum absolute atomic E-state index is 0.797. The van der Waals surface area contributed by atoms with Crippen molar-refractivity contribution in [3.8, 4) is 5.82 Å². The maximum Gasteiger partial charge on any atom is 0.160 e. The second-order valence-corrected chi connectivity index (χ2v) is 2.96. The molecule has 0 atom stereocenters. The van der Waals surface area contributed by atoms with E-state index < -0.39 is 0 Å². The van der Waals surface area contributed by atoms with Crippen LogP contribution in [0.5, 0.6) is 0 Å². The summed E-state index contributed by atoms with van der Waals surface area (Å²) in [6.45, 7) is 3.86. The molecule has 4 nitrogen and oxygen atoms in total. The van der Waals surface area contributed by atoms with E-state index in [9.17, 15) is 0 Å². The molecule has 2 aromatic heterocycles. The summed E-state index contributed by atoms with van der Waals surface area (Å²) < 4.78 is 1.85. The monoisotopic (exact) mass is 174 g/mol. The maximum atomic E-state index is 4.11. The number of hydrogen-bond acceptors (Lipinski definition) is 3. The fraction of sp³-hybridized carbons (Fsp3) is 0.222. The molecule has 0 aliphatic carbocycles. The molecule has 0 amide bonds.